The number of halogens is 4. The maximum Gasteiger partial charge on any atom is 0.168 e. The zero-order valence-corrected chi connectivity index (χ0v) is 83.3. The summed E-state index contributed by atoms with van der Waals surface area (Å²) in [6.45, 7) is 23.7. The Morgan fingerprint density at radius 2 is 0.659 bits per heavy atom. The fourth-order valence-electron chi connectivity index (χ4n) is 18.5. The number of nitrogens with zero attached hydrogens (tertiary/aromatic N) is 4. The molecule has 0 amide bonds. The van der Waals surface area contributed by atoms with Crippen LogP contribution in [0.3, 0.4) is 0 Å². The van der Waals surface area contributed by atoms with Crippen LogP contribution in [0.4, 0.5) is 17.6 Å². The minimum absolute atomic E-state index is 0.135. The average Bonchev–Trinajstić information content (AvgIpc) is 1.52. The molecule has 0 radical (unpaired) electrons. The molecule has 0 aliphatic rings. The van der Waals surface area contributed by atoms with Crippen molar-refractivity contribution in [2.45, 2.75) is 249 Å². The number of hydrogen-bond acceptors (Lipinski definition) is 13. The Kier molecular flexibility index (Phi) is 32.9. The second kappa shape index (κ2) is 45.5. The van der Waals surface area contributed by atoms with Gasteiger partial charge in [0.15, 0.2) is 11.6 Å². The molecular formula is C115H124F4N4O3S6. The highest BCUT2D eigenvalue weighted by molar-refractivity contribution is 7.25. The summed E-state index contributed by atoms with van der Waals surface area (Å²) < 4.78 is 91.3. The lowest BCUT2D eigenvalue weighted by Gasteiger charge is -2.16. The SMILES string of the molecule is CCCCCCCCOc1cccc(-c2nc3c(C)ccc(-c4ccc(-c5ccc(-c6ccc(-c7ccc(-c8cc9c(-c%10cc(F)c(CC(CC)CCCC)s%10)c%10sc(C)cc%10c(-c%10cc(F)c(CC(CC)CCCC)s%10)c9s8)c8nc(-c9cccc(OCCCCCCCC)c9)c(-c9cccc(OCCCCCCCC)c9)nc78)s6)c(F)c5F)s4)c3nc2-c2cccc(C)c2)c1. The first-order valence-corrected chi connectivity index (χ1v) is 53.6. The van der Waals surface area contributed by atoms with Gasteiger partial charge in [-0.25, -0.2) is 37.5 Å². The average molecular weight is 1880 g/mol. The highest BCUT2D eigenvalue weighted by Crippen LogP contribution is 2.56. The summed E-state index contributed by atoms with van der Waals surface area (Å²) in [7, 11) is 0. The van der Waals surface area contributed by atoms with Gasteiger partial charge in [-0.3, -0.25) is 0 Å². The van der Waals surface area contributed by atoms with Crippen LogP contribution >= 0.6 is 68.0 Å². The summed E-state index contributed by atoms with van der Waals surface area (Å²) in [4.78, 5) is 31.0. The van der Waals surface area contributed by atoms with Gasteiger partial charge in [-0.1, -0.05) is 281 Å². The molecule has 0 saturated heterocycles. The number of hydrogen-bond donors (Lipinski definition) is 0. The Morgan fingerprint density at radius 1 is 0.303 bits per heavy atom. The molecular weight excluding hydrogens is 1750 g/mol. The molecule has 686 valence electrons. The number of aryl methyl sites for hydroxylation is 3. The molecule has 0 N–H and O–H groups in total. The highest BCUT2D eigenvalue weighted by Gasteiger charge is 2.31. The fourth-order valence-corrected chi connectivity index (χ4v) is 25.5. The van der Waals surface area contributed by atoms with Gasteiger partial charge in [0, 0.05) is 130 Å². The number of benzene rings is 8. The van der Waals surface area contributed by atoms with Crippen LogP contribution in [-0.4, -0.2) is 39.8 Å². The van der Waals surface area contributed by atoms with Crippen LogP contribution in [-0.2, 0) is 12.8 Å². The van der Waals surface area contributed by atoms with Crippen LogP contribution in [0.1, 0.15) is 241 Å². The van der Waals surface area contributed by atoms with Crippen molar-refractivity contribution in [2.75, 3.05) is 19.8 Å². The van der Waals surface area contributed by atoms with Gasteiger partial charge in [-0.2, -0.15) is 0 Å². The third kappa shape index (κ3) is 22.1. The Labute approximate surface area is 802 Å². The van der Waals surface area contributed by atoms with Crippen LogP contribution in [0.2, 0.25) is 0 Å². The molecule has 8 aromatic carbocycles. The number of rotatable bonds is 47. The number of unbranched alkanes of at least 4 members (excludes halogenated alkanes) is 17. The smallest absolute Gasteiger partial charge is 0.168 e. The van der Waals surface area contributed by atoms with Gasteiger partial charge in [-0.15, -0.1) is 68.0 Å². The van der Waals surface area contributed by atoms with Crippen LogP contribution < -0.4 is 14.2 Å². The molecule has 132 heavy (non-hydrogen) atoms. The second-order valence-corrected chi connectivity index (χ2v) is 42.7. The topological polar surface area (TPSA) is 79.3 Å². The lowest BCUT2D eigenvalue weighted by atomic mass is 9.95. The van der Waals surface area contributed by atoms with E-state index in [1.54, 1.807) is 69.6 Å². The molecule has 8 aromatic heterocycles. The maximum absolute atomic E-state index is 17.7. The Balaban J connectivity index is 0.826. The van der Waals surface area contributed by atoms with Crippen molar-refractivity contribution in [3.8, 4) is 135 Å². The lowest BCUT2D eigenvalue weighted by Crippen LogP contribution is -2.03. The van der Waals surface area contributed by atoms with E-state index in [9.17, 15) is 0 Å². The van der Waals surface area contributed by atoms with Crippen molar-refractivity contribution in [1.29, 1.82) is 0 Å². The van der Waals surface area contributed by atoms with Gasteiger partial charge >= 0.3 is 0 Å². The standard InChI is InChI=1S/C115H124F4N4O3S6/c1-11-18-23-26-29-32-59-124-81-46-36-43-78(66-81)108-107(77-42-35-39-72(8)62-77)121-111-86(50-49-73(9)106(111)120-108)95-57-55-93(128-95)84-51-52-85(105(119)104(84)118)94-56-58-96(129-94)87-53-54-88(113-112(87)122-109(79-44-37-47-82(67-79)125-60-33-30-27-24-19-12-2)110(123-113)80-45-38-48-83(68-80)126-61-34-31-28-25-20-13-3)97-69-90-103(101-71-92(117)99(131-101)65-76(17-7)41-22-15-5)114-89(63-74(10)127-114)102(115(90)132-97)100-70-91(116)98(130-100)64-75(16-6)40-21-14-4/h35-39,42-58,62-63,66-71,75-76H,11-34,40-41,59-61,64-65H2,1-10H3. The van der Waals surface area contributed by atoms with E-state index < -0.39 is 11.6 Å². The van der Waals surface area contributed by atoms with Crippen LogP contribution in [0.5, 0.6) is 17.2 Å². The number of aromatic nitrogens is 4. The zero-order valence-electron chi connectivity index (χ0n) is 78.4. The molecule has 17 heteroatoms. The lowest BCUT2D eigenvalue weighted by molar-refractivity contribution is 0.304. The third-order valence-corrected chi connectivity index (χ3v) is 32.9. The van der Waals surface area contributed by atoms with Crippen molar-refractivity contribution in [2.24, 2.45) is 11.8 Å². The highest BCUT2D eigenvalue weighted by atomic mass is 32.1. The molecule has 0 fully saturated rings. The van der Waals surface area contributed by atoms with Gasteiger partial charge in [-0.05, 0) is 173 Å². The fraction of sp³-hybridized carbons (Fsp3) is 0.374. The molecule has 16 aromatic rings. The van der Waals surface area contributed by atoms with E-state index >= 15 is 17.6 Å². The van der Waals surface area contributed by atoms with Crippen molar-refractivity contribution in [3.05, 3.63) is 231 Å². The van der Waals surface area contributed by atoms with Crippen molar-refractivity contribution in [3.63, 3.8) is 0 Å². The van der Waals surface area contributed by atoms with Crippen molar-refractivity contribution < 1.29 is 31.8 Å². The van der Waals surface area contributed by atoms with E-state index in [0.29, 0.717) is 82.2 Å². The van der Waals surface area contributed by atoms with E-state index in [4.69, 9.17) is 34.1 Å². The molecule has 8 heterocycles. The van der Waals surface area contributed by atoms with E-state index in [0.717, 1.165) is 244 Å². The number of ether oxygens (including phenoxy) is 3. The van der Waals surface area contributed by atoms with E-state index in [2.05, 4.69) is 160 Å². The molecule has 0 bridgehead atoms. The first kappa shape index (κ1) is 95.4. The van der Waals surface area contributed by atoms with Gasteiger partial charge in [0.2, 0.25) is 0 Å². The third-order valence-electron chi connectivity index (χ3n) is 26.0. The predicted octanol–water partition coefficient (Wildman–Crippen LogP) is 37.8. The Hall–Kier alpha value is -9.72. The van der Waals surface area contributed by atoms with E-state index in [-0.39, 0.29) is 22.8 Å². The number of thiophene rings is 6. The second-order valence-electron chi connectivity index (χ2n) is 36.0. The summed E-state index contributed by atoms with van der Waals surface area (Å²) in [5.74, 6) is 0.730. The van der Waals surface area contributed by atoms with Gasteiger partial charge < -0.3 is 14.2 Å². The minimum Gasteiger partial charge on any atom is -0.494 e. The molecule has 0 aliphatic heterocycles. The molecule has 0 aliphatic carbocycles. The number of fused-ring (bicyclic) bond motifs is 4. The predicted molar refractivity (Wildman–Crippen MR) is 559 cm³/mol. The zero-order chi connectivity index (χ0) is 91.7. The van der Waals surface area contributed by atoms with Crippen molar-refractivity contribution in [1.82, 2.24) is 19.9 Å². The van der Waals surface area contributed by atoms with Gasteiger partial charge in [0.25, 0.3) is 0 Å². The molecule has 7 nitrogen and oxygen atoms in total. The van der Waals surface area contributed by atoms with Gasteiger partial charge in [0.1, 0.15) is 28.9 Å². The van der Waals surface area contributed by atoms with Crippen molar-refractivity contribution >= 4 is 110 Å². The Morgan fingerprint density at radius 3 is 1.08 bits per heavy atom. The van der Waals surface area contributed by atoms with Crippen LogP contribution in [0.25, 0.3) is 160 Å². The monoisotopic (exact) mass is 1880 g/mol. The van der Waals surface area contributed by atoms with Crippen LogP contribution in [0.15, 0.2) is 182 Å². The molecule has 2 unspecified atom stereocenters. The quantitative estimate of drug-likeness (QED) is 0.0278. The summed E-state index contributed by atoms with van der Waals surface area (Å²) in [5.41, 5.74) is 15.6. The molecule has 2 atom stereocenters. The minimum atomic E-state index is -0.950. The first-order chi connectivity index (χ1) is 64.5. The Bertz CT molecular complexity index is 6530. The molecule has 16 rings (SSSR count). The summed E-state index contributed by atoms with van der Waals surface area (Å²) in [6, 6.07) is 60.5. The summed E-state index contributed by atoms with van der Waals surface area (Å²) in [5, 5.41) is 1.99. The van der Waals surface area contributed by atoms with Crippen LogP contribution in [0, 0.1) is 55.9 Å². The largest absolute Gasteiger partial charge is 0.494 e. The maximum atomic E-state index is 17.7. The summed E-state index contributed by atoms with van der Waals surface area (Å²) in [6.07, 6.45) is 30.5. The first-order valence-electron chi connectivity index (χ1n) is 48.7. The molecule has 0 spiro atoms. The normalized spacial score (nSPS) is 12.3. The van der Waals surface area contributed by atoms with E-state index in [1.165, 1.54) is 99.7 Å². The molecule has 0 saturated carbocycles. The van der Waals surface area contributed by atoms with Gasteiger partial charge in [0.05, 0.1) is 64.7 Å². The van der Waals surface area contributed by atoms with E-state index in [1.807, 2.05) is 66.7 Å². The summed E-state index contributed by atoms with van der Waals surface area (Å²) >= 11 is 9.29.